The van der Waals surface area contributed by atoms with Crippen molar-refractivity contribution in [2.24, 2.45) is 0 Å². The predicted octanol–water partition coefficient (Wildman–Crippen LogP) is 24.7. The van der Waals surface area contributed by atoms with E-state index in [-0.39, 0.29) is 11.9 Å². The Hall–Kier alpha value is -6.77. The molecule has 8 heterocycles. The topological polar surface area (TPSA) is 179 Å². The number of H-pyrrole nitrogens is 1. The lowest BCUT2D eigenvalue weighted by molar-refractivity contribution is 0.363. The molecule has 17 heteroatoms. The third-order valence-electron chi connectivity index (χ3n) is 15.6. The van der Waals surface area contributed by atoms with Crippen LogP contribution in [0.2, 0.25) is 0 Å². The number of hydrogen-bond donors (Lipinski definition) is 1. The van der Waals surface area contributed by atoms with Gasteiger partial charge in [-0.05, 0) is 152 Å². The van der Waals surface area contributed by atoms with Crippen molar-refractivity contribution >= 4 is 32.9 Å². The molecule has 9 rings (SSSR count). The van der Waals surface area contributed by atoms with Gasteiger partial charge in [0.1, 0.15) is 17.5 Å². The van der Waals surface area contributed by atoms with E-state index in [1.807, 2.05) is 80.5 Å². The minimum absolute atomic E-state index is 0.245. The van der Waals surface area contributed by atoms with Gasteiger partial charge in [-0.1, -0.05) is 216 Å². The number of nitriles is 1. The van der Waals surface area contributed by atoms with Gasteiger partial charge in [-0.15, -0.1) is 27.8 Å². The molecule has 0 aliphatic rings. The van der Waals surface area contributed by atoms with Crippen molar-refractivity contribution in [3.8, 4) is 6.07 Å². The summed E-state index contributed by atoms with van der Waals surface area (Å²) in [6.07, 6.45) is 5.76. The van der Waals surface area contributed by atoms with Crippen LogP contribution in [0.4, 0.5) is 4.39 Å². The molecular formula is C80H126FN13OS2. The molecule has 0 saturated carbocycles. The average Bonchev–Trinajstić information content (AvgIpc) is 1.69. The Morgan fingerprint density at radius 2 is 1.06 bits per heavy atom. The smallest absolute Gasteiger partial charge is 0.227 e. The van der Waals surface area contributed by atoms with Crippen molar-refractivity contribution in [1.82, 2.24) is 60.1 Å². The fourth-order valence-electron chi connectivity index (χ4n) is 8.96. The number of aromatic amines is 1. The number of aromatic nitrogens is 12. The van der Waals surface area contributed by atoms with Crippen LogP contribution in [-0.4, -0.2) is 60.1 Å². The highest BCUT2D eigenvalue weighted by Gasteiger charge is 2.18. The number of hydrogen-bond acceptors (Lipinski definition) is 13. The SMILES string of the molecule is CC(C)c1cc(C(C)C)[nH]n1.CC(C)c1cc(C(C)C)on1.CC(C)c1ccc(C#N)n1C(C)C.CC(C)c1ccnc(C(C)C)c1.CC(C)c1cn(C(C)C)nn1.CC(C)c1cnnc(C(C)C)c1.CC(C)c1nc(F)c(C(C)C)s1.CC(C)c1nc2cccc(C(C)C)c2s1. The highest BCUT2D eigenvalue weighted by molar-refractivity contribution is 7.18. The first-order valence-electron chi connectivity index (χ1n) is 35.6. The van der Waals surface area contributed by atoms with Crippen LogP contribution in [0.15, 0.2) is 83.8 Å². The highest BCUT2D eigenvalue weighted by Crippen LogP contribution is 2.34. The molecule has 14 nitrogen and oxygen atoms in total. The Labute approximate surface area is 594 Å². The number of nitrogens with zero attached hydrogens (tertiary/aromatic N) is 12. The number of halogens is 1. The summed E-state index contributed by atoms with van der Waals surface area (Å²) in [4.78, 5) is 13.7. The van der Waals surface area contributed by atoms with E-state index in [0.29, 0.717) is 89.0 Å². The van der Waals surface area contributed by atoms with Gasteiger partial charge in [-0.25, -0.2) is 14.6 Å². The third kappa shape index (κ3) is 28.9. The van der Waals surface area contributed by atoms with Crippen molar-refractivity contribution < 1.29 is 8.91 Å². The number of pyridine rings is 1. The molecule has 0 fully saturated rings. The lowest BCUT2D eigenvalue weighted by Crippen LogP contribution is -2.08. The molecular weight excluding hydrogens is 1240 g/mol. The van der Waals surface area contributed by atoms with E-state index in [1.54, 1.807) is 0 Å². The third-order valence-corrected chi connectivity index (χ3v) is 18.6. The summed E-state index contributed by atoms with van der Waals surface area (Å²) in [6.45, 7) is 68.3. The second-order valence-corrected chi connectivity index (χ2v) is 32.0. The van der Waals surface area contributed by atoms with Crippen molar-refractivity contribution in [2.75, 3.05) is 0 Å². The summed E-state index contributed by atoms with van der Waals surface area (Å²) in [5, 5.41) is 38.4. The van der Waals surface area contributed by atoms with E-state index in [2.05, 4.69) is 298 Å². The summed E-state index contributed by atoms with van der Waals surface area (Å²) in [6, 6.07) is 24.0. The molecule has 0 atom stereocenters. The quantitative estimate of drug-likeness (QED) is 0.0973. The van der Waals surface area contributed by atoms with Gasteiger partial charge in [0.25, 0.3) is 0 Å². The Morgan fingerprint density at radius 3 is 1.45 bits per heavy atom. The summed E-state index contributed by atoms with van der Waals surface area (Å²) in [5.74, 6) is 7.46. The van der Waals surface area contributed by atoms with Crippen molar-refractivity contribution in [2.45, 2.75) is 316 Å². The molecule has 1 aromatic carbocycles. The monoisotopic (exact) mass is 1370 g/mol. The predicted molar refractivity (Wildman–Crippen MR) is 410 cm³/mol. The fourth-order valence-corrected chi connectivity index (χ4v) is 11.1. The van der Waals surface area contributed by atoms with Crippen LogP contribution in [0.1, 0.15) is 399 Å². The van der Waals surface area contributed by atoms with Crippen LogP contribution in [0, 0.1) is 17.3 Å². The molecule has 0 bridgehead atoms. The van der Waals surface area contributed by atoms with Crippen LogP contribution in [0.25, 0.3) is 10.2 Å². The van der Waals surface area contributed by atoms with Crippen LogP contribution in [-0.2, 0) is 0 Å². The molecule has 8 aromatic heterocycles. The van der Waals surface area contributed by atoms with Gasteiger partial charge < -0.3 is 9.09 Å². The average molecular weight is 1370 g/mol. The molecule has 536 valence electrons. The molecule has 9 aromatic rings. The maximum Gasteiger partial charge on any atom is 0.227 e. The minimum Gasteiger partial charge on any atom is -0.361 e. The van der Waals surface area contributed by atoms with Gasteiger partial charge in [-0.2, -0.15) is 24.9 Å². The zero-order chi connectivity index (χ0) is 73.9. The molecule has 0 spiro atoms. The first-order chi connectivity index (χ1) is 45.2. The maximum absolute atomic E-state index is 13.1. The number of fused-ring (bicyclic) bond motifs is 1. The van der Waals surface area contributed by atoms with E-state index in [4.69, 9.17) is 9.78 Å². The van der Waals surface area contributed by atoms with E-state index in [1.165, 1.54) is 54.8 Å². The highest BCUT2D eigenvalue weighted by atomic mass is 32.1. The van der Waals surface area contributed by atoms with Crippen molar-refractivity contribution in [3.05, 3.63) is 168 Å². The zero-order valence-electron chi connectivity index (χ0n) is 65.7. The molecule has 0 aliphatic heterocycles. The summed E-state index contributed by atoms with van der Waals surface area (Å²) in [7, 11) is 0. The molecule has 0 aliphatic carbocycles. The van der Waals surface area contributed by atoms with Gasteiger partial charge >= 0.3 is 0 Å². The Morgan fingerprint density at radius 1 is 0.495 bits per heavy atom. The van der Waals surface area contributed by atoms with Crippen LogP contribution in [0.5, 0.6) is 0 Å². The van der Waals surface area contributed by atoms with Crippen LogP contribution >= 0.6 is 22.7 Å². The van der Waals surface area contributed by atoms with E-state index >= 15 is 0 Å². The largest absolute Gasteiger partial charge is 0.361 e. The Kier molecular flexibility index (Phi) is 37.6. The second-order valence-electron chi connectivity index (χ2n) is 29.9. The molecule has 0 radical (unpaired) electrons. The first-order valence-corrected chi connectivity index (χ1v) is 37.3. The van der Waals surface area contributed by atoms with Gasteiger partial charge in [0, 0.05) is 65.4 Å². The Bertz CT molecular complexity index is 3380. The minimum atomic E-state index is -0.279. The van der Waals surface area contributed by atoms with Gasteiger partial charge in [0.05, 0.1) is 54.1 Å². The first kappa shape index (κ1) is 86.3. The van der Waals surface area contributed by atoms with E-state index < -0.39 is 0 Å². The fraction of sp³-hybridized carbons (Fsp3) is 0.600. The van der Waals surface area contributed by atoms with E-state index in [0.717, 1.165) is 49.6 Å². The lowest BCUT2D eigenvalue weighted by atomic mass is 10.0. The second kappa shape index (κ2) is 42.2. The molecule has 97 heavy (non-hydrogen) atoms. The zero-order valence-corrected chi connectivity index (χ0v) is 67.3. The maximum atomic E-state index is 13.1. The van der Waals surface area contributed by atoms with Crippen LogP contribution < -0.4 is 0 Å². The van der Waals surface area contributed by atoms with Crippen molar-refractivity contribution in [1.29, 1.82) is 5.26 Å². The normalized spacial score (nSPS) is 11.4. The number of benzene rings is 1. The Balaban J connectivity index is 0.000000378. The number of nitrogens with one attached hydrogen (secondary N) is 1. The number of rotatable bonds is 16. The lowest BCUT2D eigenvalue weighted by Gasteiger charge is -2.16. The van der Waals surface area contributed by atoms with Crippen molar-refractivity contribution in [3.63, 3.8) is 0 Å². The van der Waals surface area contributed by atoms with Gasteiger partial charge in [-0.3, -0.25) is 10.1 Å². The summed E-state index contributed by atoms with van der Waals surface area (Å²) >= 11 is 3.34. The van der Waals surface area contributed by atoms with Gasteiger partial charge in [0.2, 0.25) is 5.95 Å². The standard InChI is InChI=1S/C13H17NS.C11H16N2.C11H17N.C10H16N2.C9H14FNS.C9H16N2.C9H15NO.C8H15N3/c1-8(2)10-6-5-7-11-12(10)15-13(14-11)9(3)4;1-8(2)11-6-5-10(7-12)13(11)9(3)4;1-8(2)10-5-6-12-11(7-10)9(3)4;1-7(2)9-5-10(8(3)4)12-11-6-9;1-5(2)7-8(10)11-9(12-7)6(3)4;2*1-6(2)8-5-9(7(3)4)11-10-8;1-6(2)8-5-11(7(3)4)10-9-8/h5-9H,1-4H3;5-6,8-9H,1-4H3;5-9H,1-4H3;5-8H,1-4H3;5-6H,1-4H3;5-7H,1-4H3,(H,10,11);2*5-7H,1-4H3. The summed E-state index contributed by atoms with van der Waals surface area (Å²) in [5.41, 5.74) is 14.0. The molecule has 0 amide bonds. The van der Waals surface area contributed by atoms with Crippen LogP contribution in [0.3, 0.4) is 0 Å². The molecule has 0 unspecified atom stereocenters. The number of thiazole rings is 2. The van der Waals surface area contributed by atoms with Gasteiger partial charge in [0.15, 0.2) is 0 Å². The van der Waals surface area contributed by atoms with E-state index in [9.17, 15) is 4.39 Å². The molecule has 0 saturated heterocycles. The molecule has 1 N–H and O–H groups in total. The summed E-state index contributed by atoms with van der Waals surface area (Å²) < 4.78 is 23.6.